The van der Waals surface area contributed by atoms with E-state index in [1.165, 1.54) is 30.0 Å². The Labute approximate surface area is 205 Å². The summed E-state index contributed by atoms with van der Waals surface area (Å²) in [6.45, 7) is 3.04. The lowest BCUT2D eigenvalue weighted by atomic mass is 10.0. The smallest absolute Gasteiger partial charge is 0.414 e. The summed E-state index contributed by atoms with van der Waals surface area (Å²) in [5.41, 5.74) is 1.42. The number of ether oxygens (including phenoxy) is 1. The maximum Gasteiger partial charge on any atom is 0.414 e. The molecule has 5 rings (SSSR count). The summed E-state index contributed by atoms with van der Waals surface area (Å²) in [6, 6.07) is 9.21. The molecule has 3 heterocycles. The van der Waals surface area contributed by atoms with Gasteiger partial charge in [-0.25, -0.2) is 18.3 Å². The van der Waals surface area contributed by atoms with Crippen LogP contribution in [-0.2, 0) is 9.53 Å². The molecule has 2 amide bonds. The van der Waals surface area contributed by atoms with E-state index in [-0.39, 0.29) is 30.6 Å². The number of carbonyl (C=O) groups is 2. The molecule has 36 heavy (non-hydrogen) atoms. The Hall–Kier alpha value is -4.09. The lowest BCUT2D eigenvalue weighted by Crippen LogP contribution is -2.35. The molecule has 2 aliphatic rings. The van der Waals surface area contributed by atoms with E-state index < -0.39 is 23.8 Å². The number of nitrogens with zero attached hydrogens (tertiary/aromatic N) is 6. The van der Waals surface area contributed by atoms with Gasteiger partial charge in [0.15, 0.2) is 0 Å². The molecule has 188 valence electrons. The number of carbonyl (C=O) groups excluding carboxylic acids is 2. The van der Waals surface area contributed by atoms with Crippen molar-refractivity contribution >= 4 is 23.4 Å². The lowest BCUT2D eigenvalue weighted by molar-refractivity contribution is -0.119. The lowest BCUT2D eigenvalue weighted by Gasteiger charge is -2.33. The first-order chi connectivity index (χ1) is 17.4. The number of hydrogen-bond acceptors (Lipinski definition) is 7. The van der Waals surface area contributed by atoms with E-state index in [1.54, 1.807) is 29.2 Å². The number of halogens is 2. The molecule has 0 bridgehead atoms. The molecule has 1 atom stereocenters. The van der Waals surface area contributed by atoms with Crippen LogP contribution in [0.1, 0.15) is 25.8 Å². The molecule has 2 aromatic carbocycles. The van der Waals surface area contributed by atoms with Crippen LogP contribution in [0.3, 0.4) is 0 Å². The number of rotatable bonds is 6. The van der Waals surface area contributed by atoms with Crippen LogP contribution in [0.15, 0.2) is 42.7 Å². The molecule has 12 heteroatoms. The van der Waals surface area contributed by atoms with Crippen molar-refractivity contribution in [2.45, 2.75) is 31.9 Å². The van der Waals surface area contributed by atoms with Gasteiger partial charge in [0.1, 0.15) is 24.1 Å². The van der Waals surface area contributed by atoms with Gasteiger partial charge >= 0.3 is 6.09 Å². The van der Waals surface area contributed by atoms with Gasteiger partial charge in [0.2, 0.25) is 5.91 Å². The van der Waals surface area contributed by atoms with E-state index in [0.717, 1.165) is 12.8 Å². The third-order valence-corrected chi connectivity index (χ3v) is 6.52. The highest BCUT2D eigenvalue weighted by Gasteiger charge is 2.33. The minimum Gasteiger partial charge on any atom is -0.442 e. The normalized spacial score (nSPS) is 18.4. The maximum atomic E-state index is 15.1. The van der Waals surface area contributed by atoms with Gasteiger partial charge in [-0.2, -0.15) is 0 Å². The fraction of sp³-hybridized carbons (Fsp3) is 0.375. The number of benzene rings is 2. The average molecular weight is 498 g/mol. The Morgan fingerprint density at radius 2 is 1.94 bits per heavy atom. The van der Waals surface area contributed by atoms with Gasteiger partial charge in [0.05, 0.1) is 30.5 Å². The first-order valence-electron chi connectivity index (χ1n) is 11.7. The number of nitrogens with one attached hydrogen (secondary N) is 1. The fourth-order valence-electron chi connectivity index (χ4n) is 4.64. The van der Waals surface area contributed by atoms with Crippen LogP contribution in [0, 0.1) is 11.6 Å². The van der Waals surface area contributed by atoms with Crippen molar-refractivity contribution in [1.82, 2.24) is 25.5 Å². The van der Waals surface area contributed by atoms with Crippen LogP contribution < -0.4 is 15.1 Å². The zero-order valence-electron chi connectivity index (χ0n) is 19.6. The van der Waals surface area contributed by atoms with Crippen molar-refractivity contribution in [3.8, 4) is 11.1 Å². The van der Waals surface area contributed by atoms with Crippen LogP contribution in [0.5, 0.6) is 0 Å². The summed E-state index contributed by atoms with van der Waals surface area (Å²) in [7, 11) is 0. The summed E-state index contributed by atoms with van der Waals surface area (Å²) in [5.74, 6) is -1.24. The highest BCUT2D eigenvalue weighted by atomic mass is 19.1. The Balaban J connectivity index is 1.27. The molecule has 0 saturated carbocycles. The Morgan fingerprint density at radius 1 is 1.14 bits per heavy atom. The number of tetrazole rings is 1. The van der Waals surface area contributed by atoms with E-state index >= 15 is 8.78 Å². The first-order valence-corrected chi connectivity index (χ1v) is 11.7. The van der Waals surface area contributed by atoms with Gasteiger partial charge < -0.3 is 15.0 Å². The van der Waals surface area contributed by atoms with Crippen molar-refractivity contribution in [3.63, 3.8) is 0 Å². The van der Waals surface area contributed by atoms with Gasteiger partial charge in [0, 0.05) is 25.6 Å². The molecule has 0 spiro atoms. The van der Waals surface area contributed by atoms with E-state index in [0.29, 0.717) is 30.0 Å². The summed E-state index contributed by atoms with van der Waals surface area (Å²) >= 11 is 0. The van der Waals surface area contributed by atoms with Gasteiger partial charge in [-0.15, -0.1) is 5.10 Å². The zero-order chi connectivity index (χ0) is 25.2. The number of amides is 2. The molecule has 2 fully saturated rings. The van der Waals surface area contributed by atoms with E-state index in [2.05, 4.69) is 20.8 Å². The summed E-state index contributed by atoms with van der Waals surface area (Å²) in [5, 5.41) is 13.9. The Bertz CT molecular complexity index is 1260. The summed E-state index contributed by atoms with van der Waals surface area (Å²) in [4.78, 5) is 26.6. The van der Waals surface area contributed by atoms with Crippen molar-refractivity contribution < 1.29 is 23.1 Å². The van der Waals surface area contributed by atoms with Crippen molar-refractivity contribution in [2.24, 2.45) is 0 Å². The topological polar surface area (TPSA) is 105 Å². The second-order valence-electron chi connectivity index (χ2n) is 8.89. The predicted molar refractivity (Wildman–Crippen MR) is 126 cm³/mol. The maximum absolute atomic E-state index is 15.1. The van der Waals surface area contributed by atoms with E-state index in [9.17, 15) is 9.59 Å². The Kier molecular flexibility index (Phi) is 6.49. The standard InChI is InChI=1S/C24H25F2N7O3/c1-15(34)27-12-19-13-32(24(35)36-19)18-3-4-20(21(25)11-18)16-2-5-23(22(26)10-16)31-8-6-17(7-9-31)33-14-28-29-30-33/h2-5,10-11,14,17,19H,6-9,12-13H2,1H3,(H,27,34)/t19-/m0/s1. The van der Waals surface area contributed by atoms with Crippen LogP contribution in [0.25, 0.3) is 11.1 Å². The summed E-state index contributed by atoms with van der Waals surface area (Å²) in [6.07, 6.45) is 2.02. The third-order valence-electron chi connectivity index (χ3n) is 6.52. The van der Waals surface area contributed by atoms with Crippen molar-refractivity contribution in [2.75, 3.05) is 36.0 Å². The fourth-order valence-corrected chi connectivity index (χ4v) is 4.64. The predicted octanol–water partition coefficient (Wildman–Crippen LogP) is 2.92. The highest BCUT2D eigenvalue weighted by molar-refractivity contribution is 5.90. The molecule has 0 radical (unpaired) electrons. The highest BCUT2D eigenvalue weighted by Crippen LogP contribution is 2.33. The molecule has 1 N–H and O–H groups in total. The number of hydrogen-bond donors (Lipinski definition) is 1. The van der Waals surface area contributed by atoms with E-state index in [1.807, 2.05) is 4.90 Å². The quantitative estimate of drug-likeness (QED) is 0.558. The second-order valence-corrected chi connectivity index (χ2v) is 8.89. The van der Waals surface area contributed by atoms with Gasteiger partial charge in [-0.3, -0.25) is 9.69 Å². The van der Waals surface area contributed by atoms with Crippen molar-refractivity contribution in [1.29, 1.82) is 0 Å². The number of piperidine rings is 1. The molecular formula is C24H25F2N7O3. The van der Waals surface area contributed by atoms with Gasteiger partial charge in [-0.05, 0) is 59.2 Å². The molecule has 10 nitrogen and oxygen atoms in total. The minimum absolute atomic E-state index is 0.180. The van der Waals surface area contributed by atoms with Crippen LogP contribution in [0.4, 0.5) is 25.0 Å². The van der Waals surface area contributed by atoms with Crippen LogP contribution in [-0.4, -0.2) is 64.5 Å². The number of cyclic esters (lactones) is 1. The van der Waals surface area contributed by atoms with Crippen LogP contribution >= 0.6 is 0 Å². The van der Waals surface area contributed by atoms with Gasteiger partial charge in [-0.1, -0.05) is 6.07 Å². The SMILES string of the molecule is CC(=O)NC[C@H]1CN(c2ccc(-c3ccc(N4CCC(n5cnnn5)CC4)c(F)c3)c(F)c2)C(=O)O1. The average Bonchev–Trinajstić information content (AvgIpc) is 3.53. The second kappa shape index (κ2) is 9.88. The third kappa shape index (κ3) is 4.83. The van der Waals surface area contributed by atoms with E-state index in [4.69, 9.17) is 4.74 Å². The van der Waals surface area contributed by atoms with Crippen LogP contribution in [0.2, 0.25) is 0 Å². The number of anilines is 2. The molecule has 2 aliphatic heterocycles. The molecule has 0 aliphatic carbocycles. The molecular weight excluding hydrogens is 472 g/mol. The summed E-state index contributed by atoms with van der Waals surface area (Å²) < 4.78 is 37.1. The van der Waals surface area contributed by atoms with Crippen molar-refractivity contribution in [3.05, 3.63) is 54.4 Å². The first kappa shape index (κ1) is 23.6. The minimum atomic E-state index is -0.614. The molecule has 0 unspecified atom stereocenters. The molecule has 3 aromatic rings. The Morgan fingerprint density at radius 3 is 2.61 bits per heavy atom. The largest absolute Gasteiger partial charge is 0.442 e. The zero-order valence-corrected chi connectivity index (χ0v) is 19.6. The van der Waals surface area contributed by atoms with Gasteiger partial charge in [0.25, 0.3) is 0 Å². The molecule has 2 saturated heterocycles. The molecule has 1 aromatic heterocycles. The monoisotopic (exact) mass is 497 g/mol. The number of aromatic nitrogens is 4.